The van der Waals surface area contributed by atoms with Crippen molar-refractivity contribution in [2.24, 2.45) is 0 Å². The van der Waals surface area contributed by atoms with Crippen LogP contribution in [0.15, 0.2) is 66.7 Å². The fourth-order valence-electron chi connectivity index (χ4n) is 4.10. The lowest BCUT2D eigenvalue weighted by Crippen LogP contribution is -2.00. The normalized spacial score (nSPS) is 16.4. The first-order valence-electron chi connectivity index (χ1n) is 9.64. The first kappa shape index (κ1) is 16.3. The first-order valence-corrected chi connectivity index (χ1v) is 9.64. The molecule has 0 nitrogen and oxygen atoms in total. The highest BCUT2D eigenvalue weighted by Crippen LogP contribution is 2.32. The monoisotopic (exact) mass is 352 g/mol. The van der Waals surface area contributed by atoms with E-state index in [2.05, 4.69) is 54.6 Å². The molecule has 0 heterocycles. The number of hydrogen-bond acceptors (Lipinski definition) is 0. The van der Waals surface area contributed by atoms with Crippen LogP contribution < -0.4 is 0 Å². The maximum Gasteiger partial charge on any atom is 0.123 e. The molecular weight excluding hydrogens is 331 g/mol. The molecule has 0 saturated carbocycles. The molecule has 0 aliphatic heterocycles. The van der Waals surface area contributed by atoms with Crippen LogP contribution in [-0.2, 0) is 25.7 Å². The summed E-state index contributed by atoms with van der Waals surface area (Å²) in [5, 5.41) is 0. The van der Waals surface area contributed by atoms with E-state index in [0.29, 0.717) is 0 Å². The first-order chi connectivity index (χ1) is 13.2. The second kappa shape index (κ2) is 6.66. The summed E-state index contributed by atoms with van der Waals surface area (Å²) in [5.74, 6) is -0.178. The fourth-order valence-corrected chi connectivity index (χ4v) is 4.10. The van der Waals surface area contributed by atoms with Crippen LogP contribution in [0.2, 0.25) is 0 Å². The molecule has 27 heavy (non-hydrogen) atoms. The van der Waals surface area contributed by atoms with Crippen LogP contribution in [0.4, 0.5) is 4.39 Å². The zero-order chi connectivity index (χ0) is 18.2. The summed E-state index contributed by atoms with van der Waals surface area (Å²) in [6, 6.07) is 21.0. The summed E-state index contributed by atoms with van der Waals surface area (Å²) in [7, 11) is 0. The molecule has 132 valence electrons. The van der Waals surface area contributed by atoms with E-state index in [0.717, 1.165) is 36.8 Å². The molecule has 5 aliphatic carbocycles. The minimum absolute atomic E-state index is 0.178. The van der Waals surface area contributed by atoms with Crippen molar-refractivity contribution >= 4 is 17.7 Å². The molecule has 3 aromatic rings. The van der Waals surface area contributed by atoms with Crippen LogP contribution >= 0.6 is 0 Å². The zero-order valence-corrected chi connectivity index (χ0v) is 15.2. The van der Waals surface area contributed by atoms with Gasteiger partial charge in [-0.25, -0.2) is 4.39 Å². The van der Waals surface area contributed by atoms with E-state index in [9.17, 15) is 4.39 Å². The van der Waals surface area contributed by atoms with Gasteiger partial charge in [-0.1, -0.05) is 60.7 Å². The maximum absolute atomic E-state index is 13.5. The maximum atomic E-state index is 13.5. The topological polar surface area (TPSA) is 0 Å². The van der Waals surface area contributed by atoms with Crippen molar-refractivity contribution < 1.29 is 4.39 Å². The SMILES string of the molecule is Fc1ccc2c(c1)C=C/C2=C\c1cc2ccc1CCc1ccc(cc1)CC2. The molecule has 0 atom stereocenters. The van der Waals surface area contributed by atoms with Gasteiger partial charge < -0.3 is 0 Å². The van der Waals surface area contributed by atoms with Gasteiger partial charge in [-0.3, -0.25) is 0 Å². The Morgan fingerprint density at radius 1 is 0.667 bits per heavy atom. The molecule has 4 bridgehead atoms. The predicted molar refractivity (Wildman–Crippen MR) is 111 cm³/mol. The summed E-state index contributed by atoms with van der Waals surface area (Å²) in [4.78, 5) is 0. The summed E-state index contributed by atoms with van der Waals surface area (Å²) in [6.07, 6.45) is 10.6. The standard InChI is InChI=1S/C26H21F/c27-25-13-14-26-22(11-12-23(26)17-25)16-24-15-20-6-5-18-1-3-19(4-2-18)7-9-21(24)10-8-20/h1-4,8,10-17H,5-7,9H2/b22-16+. The quantitative estimate of drug-likeness (QED) is 0.484. The zero-order valence-electron chi connectivity index (χ0n) is 15.2. The molecule has 3 aromatic carbocycles. The molecule has 0 N–H and O–H groups in total. The van der Waals surface area contributed by atoms with Crippen molar-refractivity contribution in [2.75, 3.05) is 0 Å². The van der Waals surface area contributed by atoms with Crippen molar-refractivity contribution in [1.82, 2.24) is 0 Å². The number of fused-ring (bicyclic) bond motifs is 1. The number of hydrogen-bond donors (Lipinski definition) is 0. The molecule has 0 amide bonds. The Balaban J connectivity index is 1.55. The molecule has 1 heteroatoms. The van der Waals surface area contributed by atoms with Gasteiger partial charge in [0.2, 0.25) is 0 Å². The number of aryl methyl sites for hydroxylation is 4. The Morgan fingerprint density at radius 3 is 2.19 bits per heavy atom. The minimum atomic E-state index is -0.178. The van der Waals surface area contributed by atoms with E-state index < -0.39 is 0 Å². The Morgan fingerprint density at radius 2 is 1.37 bits per heavy atom. The third-order valence-electron chi connectivity index (χ3n) is 5.70. The predicted octanol–water partition coefficient (Wildman–Crippen LogP) is 6.28. The van der Waals surface area contributed by atoms with Crippen LogP contribution in [0, 0.1) is 5.82 Å². The van der Waals surface area contributed by atoms with Crippen LogP contribution in [0.5, 0.6) is 0 Å². The van der Waals surface area contributed by atoms with E-state index >= 15 is 0 Å². The molecule has 0 fully saturated rings. The average molecular weight is 352 g/mol. The van der Waals surface area contributed by atoms with Gasteiger partial charge in [0.25, 0.3) is 0 Å². The third kappa shape index (κ3) is 3.26. The van der Waals surface area contributed by atoms with Crippen molar-refractivity contribution in [1.29, 1.82) is 0 Å². The minimum Gasteiger partial charge on any atom is -0.207 e. The Labute approximate surface area is 159 Å². The highest BCUT2D eigenvalue weighted by atomic mass is 19.1. The second-order valence-corrected chi connectivity index (χ2v) is 7.51. The Kier molecular flexibility index (Phi) is 4.01. The van der Waals surface area contributed by atoms with Gasteiger partial charge in [-0.05, 0) is 88.4 Å². The molecule has 5 aliphatic rings. The van der Waals surface area contributed by atoms with Gasteiger partial charge >= 0.3 is 0 Å². The third-order valence-corrected chi connectivity index (χ3v) is 5.70. The molecule has 0 aromatic heterocycles. The van der Waals surface area contributed by atoms with Crippen molar-refractivity contribution in [3.05, 3.63) is 112 Å². The molecule has 0 radical (unpaired) electrons. The van der Waals surface area contributed by atoms with Crippen molar-refractivity contribution in [2.45, 2.75) is 25.7 Å². The van der Waals surface area contributed by atoms with Crippen molar-refractivity contribution in [3.8, 4) is 0 Å². The Bertz CT molecular complexity index is 1070. The lowest BCUT2D eigenvalue weighted by atomic mass is 9.92. The van der Waals surface area contributed by atoms with E-state index in [1.54, 1.807) is 12.1 Å². The van der Waals surface area contributed by atoms with Gasteiger partial charge in [-0.15, -0.1) is 0 Å². The van der Waals surface area contributed by atoms with Crippen LogP contribution in [0.25, 0.3) is 17.7 Å². The lowest BCUT2D eigenvalue weighted by Gasteiger charge is -2.13. The highest BCUT2D eigenvalue weighted by molar-refractivity contribution is 5.97. The van der Waals surface area contributed by atoms with Crippen LogP contribution in [-0.4, -0.2) is 0 Å². The Hall–Kier alpha value is -2.93. The number of allylic oxidation sites excluding steroid dienone is 2. The van der Waals surface area contributed by atoms with E-state index in [1.807, 2.05) is 12.1 Å². The van der Waals surface area contributed by atoms with Gasteiger partial charge in [-0.2, -0.15) is 0 Å². The summed E-state index contributed by atoms with van der Waals surface area (Å²) in [5.41, 5.74) is 10.1. The smallest absolute Gasteiger partial charge is 0.123 e. The molecule has 8 rings (SSSR count). The molecule has 0 spiro atoms. The van der Waals surface area contributed by atoms with E-state index in [4.69, 9.17) is 0 Å². The molecule has 0 saturated heterocycles. The van der Waals surface area contributed by atoms with Crippen LogP contribution in [0.1, 0.15) is 38.9 Å². The van der Waals surface area contributed by atoms with Gasteiger partial charge in [0.15, 0.2) is 0 Å². The number of halogens is 1. The molecular formula is C26H21F. The average Bonchev–Trinajstić information content (AvgIpc) is 3.06. The van der Waals surface area contributed by atoms with Gasteiger partial charge in [0, 0.05) is 0 Å². The number of benzene rings is 3. The molecule has 0 unspecified atom stereocenters. The second-order valence-electron chi connectivity index (χ2n) is 7.51. The van der Waals surface area contributed by atoms with E-state index in [1.165, 1.54) is 33.4 Å². The number of rotatable bonds is 1. The summed E-state index contributed by atoms with van der Waals surface area (Å²) >= 11 is 0. The van der Waals surface area contributed by atoms with Crippen LogP contribution in [0.3, 0.4) is 0 Å². The summed E-state index contributed by atoms with van der Waals surface area (Å²) < 4.78 is 13.5. The van der Waals surface area contributed by atoms with E-state index in [-0.39, 0.29) is 5.82 Å². The van der Waals surface area contributed by atoms with Crippen molar-refractivity contribution in [3.63, 3.8) is 0 Å². The van der Waals surface area contributed by atoms with Gasteiger partial charge in [0.05, 0.1) is 0 Å². The van der Waals surface area contributed by atoms with Gasteiger partial charge in [0.1, 0.15) is 5.82 Å². The highest BCUT2D eigenvalue weighted by Gasteiger charge is 2.13. The summed E-state index contributed by atoms with van der Waals surface area (Å²) in [6.45, 7) is 0. The largest absolute Gasteiger partial charge is 0.207 e. The lowest BCUT2D eigenvalue weighted by molar-refractivity contribution is 0.627. The fraction of sp³-hybridized carbons (Fsp3) is 0.154.